The molecule has 0 aliphatic heterocycles. The van der Waals surface area contributed by atoms with Crippen molar-refractivity contribution in [2.45, 2.75) is 58.0 Å². The zero-order chi connectivity index (χ0) is 14.0. The van der Waals surface area contributed by atoms with Crippen LogP contribution >= 0.6 is 0 Å². The molecular weight excluding hydrogens is 244 g/mol. The topological polar surface area (TPSA) is 68.9 Å². The van der Waals surface area contributed by atoms with E-state index < -0.39 is 5.69 Å². The van der Waals surface area contributed by atoms with E-state index in [1.165, 1.54) is 15.6 Å². The monoisotopic (exact) mass is 266 g/mol. The van der Waals surface area contributed by atoms with Crippen LogP contribution < -0.4 is 16.7 Å². The second-order valence-electron chi connectivity index (χ2n) is 5.52. The quantitative estimate of drug-likeness (QED) is 0.894. The number of hydrogen-bond acceptors (Lipinski definition) is 4. The van der Waals surface area contributed by atoms with Crippen LogP contribution in [0.5, 0.6) is 0 Å². The SMILES string of the molecule is CC(C)Nc1nc(=O)n(C2CCCCC2)c(=O)n1C. The minimum Gasteiger partial charge on any atom is -0.353 e. The number of hydrogen-bond donors (Lipinski definition) is 1. The first-order valence-electron chi connectivity index (χ1n) is 6.97. The molecule has 1 aromatic heterocycles. The van der Waals surface area contributed by atoms with Crippen LogP contribution in [-0.2, 0) is 7.05 Å². The van der Waals surface area contributed by atoms with E-state index >= 15 is 0 Å². The highest BCUT2D eigenvalue weighted by Crippen LogP contribution is 2.25. The second kappa shape index (κ2) is 5.59. The van der Waals surface area contributed by atoms with Crippen molar-refractivity contribution in [1.29, 1.82) is 0 Å². The molecule has 1 saturated carbocycles. The zero-order valence-corrected chi connectivity index (χ0v) is 11.8. The molecule has 0 saturated heterocycles. The first-order valence-corrected chi connectivity index (χ1v) is 6.97. The van der Waals surface area contributed by atoms with E-state index in [0.29, 0.717) is 5.95 Å². The average molecular weight is 266 g/mol. The van der Waals surface area contributed by atoms with Crippen LogP contribution in [0.4, 0.5) is 5.95 Å². The van der Waals surface area contributed by atoms with Gasteiger partial charge in [0.25, 0.3) is 0 Å². The van der Waals surface area contributed by atoms with Crippen LogP contribution in [0.3, 0.4) is 0 Å². The van der Waals surface area contributed by atoms with Crippen molar-refractivity contribution in [2.75, 3.05) is 5.32 Å². The summed E-state index contributed by atoms with van der Waals surface area (Å²) in [6.07, 6.45) is 5.13. The smallest absolute Gasteiger partial charge is 0.353 e. The number of aromatic nitrogens is 3. The van der Waals surface area contributed by atoms with E-state index in [-0.39, 0.29) is 17.8 Å². The Labute approximate surface area is 112 Å². The summed E-state index contributed by atoms with van der Waals surface area (Å²) >= 11 is 0. The molecule has 0 atom stereocenters. The van der Waals surface area contributed by atoms with Gasteiger partial charge in [0, 0.05) is 19.1 Å². The number of nitrogens with zero attached hydrogens (tertiary/aromatic N) is 3. The Bertz CT molecular complexity index is 553. The molecule has 1 fully saturated rings. The lowest BCUT2D eigenvalue weighted by Gasteiger charge is -2.23. The number of nitrogens with one attached hydrogen (secondary N) is 1. The van der Waals surface area contributed by atoms with Crippen molar-refractivity contribution in [3.63, 3.8) is 0 Å². The highest BCUT2D eigenvalue weighted by atomic mass is 16.2. The van der Waals surface area contributed by atoms with Gasteiger partial charge in [0.2, 0.25) is 5.95 Å². The minimum absolute atomic E-state index is 0.0144. The first-order chi connectivity index (χ1) is 9.00. The highest BCUT2D eigenvalue weighted by Gasteiger charge is 2.21. The molecular formula is C13H22N4O2. The van der Waals surface area contributed by atoms with Crippen LogP contribution in [0.25, 0.3) is 0 Å². The summed E-state index contributed by atoms with van der Waals surface area (Å²) in [5, 5.41) is 3.02. The van der Waals surface area contributed by atoms with E-state index in [9.17, 15) is 9.59 Å². The third-order valence-electron chi connectivity index (χ3n) is 3.58. The Kier molecular flexibility index (Phi) is 4.07. The largest absolute Gasteiger partial charge is 0.355 e. The normalized spacial score (nSPS) is 16.8. The standard InChI is InChI=1S/C13H22N4O2/c1-9(2)14-11-15-12(18)17(13(19)16(11)3)10-7-5-4-6-8-10/h9-10H,4-8H2,1-3H3,(H,14,15,18). The maximum Gasteiger partial charge on any atom is 0.355 e. The molecule has 6 heteroatoms. The first kappa shape index (κ1) is 13.8. The summed E-state index contributed by atoms with van der Waals surface area (Å²) in [6.45, 7) is 3.89. The van der Waals surface area contributed by atoms with Crippen molar-refractivity contribution < 1.29 is 0 Å². The van der Waals surface area contributed by atoms with Crippen LogP contribution in [0.1, 0.15) is 52.0 Å². The van der Waals surface area contributed by atoms with E-state index in [4.69, 9.17) is 0 Å². The third-order valence-corrected chi connectivity index (χ3v) is 3.58. The van der Waals surface area contributed by atoms with Crippen LogP contribution in [0, 0.1) is 0 Å². The summed E-state index contributed by atoms with van der Waals surface area (Å²) in [5.41, 5.74) is -0.701. The van der Waals surface area contributed by atoms with Gasteiger partial charge in [0.15, 0.2) is 0 Å². The molecule has 0 bridgehead atoms. The van der Waals surface area contributed by atoms with Gasteiger partial charge in [-0.1, -0.05) is 19.3 Å². The fourth-order valence-corrected chi connectivity index (χ4v) is 2.59. The zero-order valence-electron chi connectivity index (χ0n) is 11.8. The van der Waals surface area contributed by atoms with Gasteiger partial charge in [-0.3, -0.25) is 4.57 Å². The van der Waals surface area contributed by atoms with Gasteiger partial charge in [0.05, 0.1) is 0 Å². The Morgan fingerprint density at radius 2 is 1.84 bits per heavy atom. The number of anilines is 1. The minimum atomic E-state index is -0.432. The summed E-state index contributed by atoms with van der Waals surface area (Å²) in [7, 11) is 1.65. The van der Waals surface area contributed by atoms with Crippen molar-refractivity contribution >= 4 is 5.95 Å². The maximum absolute atomic E-state index is 12.3. The summed E-state index contributed by atoms with van der Waals surface area (Å²) in [6, 6.07) is 0.142. The van der Waals surface area contributed by atoms with Gasteiger partial charge < -0.3 is 5.32 Å². The van der Waals surface area contributed by atoms with Gasteiger partial charge in [-0.05, 0) is 26.7 Å². The molecule has 0 aromatic carbocycles. The Balaban J connectivity index is 2.43. The molecule has 2 rings (SSSR count). The predicted molar refractivity (Wildman–Crippen MR) is 74.6 cm³/mol. The van der Waals surface area contributed by atoms with Gasteiger partial charge in [0.1, 0.15) is 0 Å². The van der Waals surface area contributed by atoms with Crippen molar-refractivity contribution in [3.05, 3.63) is 21.0 Å². The van der Waals surface area contributed by atoms with Crippen molar-refractivity contribution in [2.24, 2.45) is 7.05 Å². The van der Waals surface area contributed by atoms with Gasteiger partial charge in [-0.25, -0.2) is 14.2 Å². The Hall–Kier alpha value is -1.59. The Morgan fingerprint density at radius 3 is 2.42 bits per heavy atom. The van der Waals surface area contributed by atoms with Gasteiger partial charge in [-0.15, -0.1) is 0 Å². The molecule has 19 heavy (non-hydrogen) atoms. The maximum atomic E-state index is 12.3. The predicted octanol–water partition coefficient (Wildman–Crippen LogP) is 1.27. The molecule has 1 aromatic rings. The lowest BCUT2D eigenvalue weighted by molar-refractivity contribution is 0.327. The van der Waals surface area contributed by atoms with Crippen LogP contribution in [-0.4, -0.2) is 20.2 Å². The molecule has 1 heterocycles. The lowest BCUT2D eigenvalue weighted by atomic mass is 9.95. The van der Waals surface area contributed by atoms with Gasteiger partial charge in [-0.2, -0.15) is 4.98 Å². The summed E-state index contributed by atoms with van der Waals surface area (Å²) in [5.74, 6) is 0.344. The molecule has 1 aliphatic rings. The third kappa shape index (κ3) is 2.88. The molecule has 0 unspecified atom stereocenters. The molecule has 0 spiro atoms. The molecule has 0 amide bonds. The molecule has 6 nitrogen and oxygen atoms in total. The molecule has 1 aliphatic carbocycles. The van der Waals surface area contributed by atoms with Crippen LogP contribution in [0.15, 0.2) is 9.59 Å². The average Bonchev–Trinajstić information content (AvgIpc) is 2.36. The van der Waals surface area contributed by atoms with E-state index in [0.717, 1.165) is 25.7 Å². The number of rotatable bonds is 3. The van der Waals surface area contributed by atoms with E-state index in [1.807, 2.05) is 13.8 Å². The Morgan fingerprint density at radius 1 is 1.21 bits per heavy atom. The lowest BCUT2D eigenvalue weighted by Crippen LogP contribution is -2.44. The van der Waals surface area contributed by atoms with Crippen LogP contribution in [0.2, 0.25) is 0 Å². The fraction of sp³-hybridized carbons (Fsp3) is 0.769. The van der Waals surface area contributed by atoms with E-state index in [2.05, 4.69) is 10.3 Å². The molecule has 1 N–H and O–H groups in total. The summed E-state index contributed by atoms with van der Waals surface area (Å²) in [4.78, 5) is 28.4. The van der Waals surface area contributed by atoms with E-state index in [1.54, 1.807) is 7.05 Å². The summed E-state index contributed by atoms with van der Waals surface area (Å²) < 4.78 is 2.75. The molecule has 0 radical (unpaired) electrons. The molecule has 106 valence electrons. The van der Waals surface area contributed by atoms with Crippen molar-refractivity contribution in [3.8, 4) is 0 Å². The van der Waals surface area contributed by atoms with Crippen molar-refractivity contribution in [1.82, 2.24) is 14.1 Å². The second-order valence-corrected chi connectivity index (χ2v) is 5.52. The highest BCUT2D eigenvalue weighted by molar-refractivity contribution is 5.24. The fourth-order valence-electron chi connectivity index (χ4n) is 2.59. The van der Waals surface area contributed by atoms with Gasteiger partial charge >= 0.3 is 11.4 Å².